The minimum atomic E-state index is 0.321. The summed E-state index contributed by atoms with van der Waals surface area (Å²) >= 11 is 0. The highest BCUT2D eigenvalue weighted by atomic mass is 15.1. The Hall–Kier alpha value is -0.990. The van der Waals surface area contributed by atoms with Gasteiger partial charge in [0.15, 0.2) is 5.96 Å². The van der Waals surface area contributed by atoms with Gasteiger partial charge in [-0.1, -0.05) is 6.08 Å². The Morgan fingerprint density at radius 2 is 2.50 bits per heavy atom. The fourth-order valence-corrected chi connectivity index (χ4v) is 0.626. The lowest BCUT2D eigenvalue weighted by Crippen LogP contribution is -2.37. The second-order valence-corrected chi connectivity index (χ2v) is 2.18. The number of guanidine groups is 1. The highest BCUT2D eigenvalue weighted by molar-refractivity contribution is 5.77. The topological polar surface area (TPSA) is 50.4 Å². The van der Waals surface area contributed by atoms with Gasteiger partial charge in [-0.15, -0.1) is 6.58 Å². The second-order valence-electron chi connectivity index (χ2n) is 2.18. The Kier molecular flexibility index (Phi) is 4.37. The number of rotatable bonds is 3. The summed E-state index contributed by atoms with van der Waals surface area (Å²) in [4.78, 5) is 3.76. The molecule has 0 saturated heterocycles. The smallest absolute Gasteiger partial charge is 0.188 e. The highest BCUT2D eigenvalue weighted by Gasteiger charge is 1.97. The van der Waals surface area contributed by atoms with Crippen molar-refractivity contribution in [1.82, 2.24) is 5.32 Å². The molecule has 0 rings (SSSR count). The molecule has 0 aromatic carbocycles. The van der Waals surface area contributed by atoms with Crippen molar-refractivity contribution in [2.24, 2.45) is 10.7 Å². The van der Waals surface area contributed by atoms with E-state index >= 15 is 0 Å². The number of hydrogen-bond acceptors (Lipinski definition) is 1. The van der Waals surface area contributed by atoms with Gasteiger partial charge in [-0.2, -0.15) is 0 Å². The SMILES string of the molecule is C=CCC(C)NC(N)=NC. The van der Waals surface area contributed by atoms with E-state index < -0.39 is 0 Å². The third-order valence-corrected chi connectivity index (χ3v) is 1.16. The van der Waals surface area contributed by atoms with E-state index in [2.05, 4.69) is 16.9 Å². The molecule has 0 aromatic heterocycles. The number of aliphatic imine (C=N–C) groups is 1. The van der Waals surface area contributed by atoms with Crippen LogP contribution in [0.25, 0.3) is 0 Å². The summed E-state index contributed by atoms with van der Waals surface area (Å²) in [5.74, 6) is 0.481. The second kappa shape index (κ2) is 4.85. The summed E-state index contributed by atoms with van der Waals surface area (Å²) in [7, 11) is 1.66. The third kappa shape index (κ3) is 3.95. The molecule has 58 valence electrons. The Labute approximate surface area is 62.0 Å². The Morgan fingerprint density at radius 1 is 1.90 bits per heavy atom. The molecule has 10 heavy (non-hydrogen) atoms. The van der Waals surface area contributed by atoms with Gasteiger partial charge in [-0.05, 0) is 13.3 Å². The van der Waals surface area contributed by atoms with E-state index in [0.29, 0.717) is 12.0 Å². The summed E-state index contributed by atoms with van der Waals surface area (Å²) in [6, 6.07) is 0.321. The van der Waals surface area contributed by atoms with Crippen LogP contribution >= 0.6 is 0 Å². The van der Waals surface area contributed by atoms with Crippen LogP contribution in [0.15, 0.2) is 17.6 Å². The molecule has 1 atom stereocenters. The molecule has 0 aliphatic heterocycles. The molecule has 1 unspecified atom stereocenters. The predicted octanol–water partition coefficient (Wildman–Crippen LogP) is 0.485. The summed E-state index contributed by atoms with van der Waals surface area (Å²) in [5, 5.41) is 2.99. The third-order valence-electron chi connectivity index (χ3n) is 1.16. The van der Waals surface area contributed by atoms with Crippen molar-refractivity contribution in [3.05, 3.63) is 12.7 Å². The quantitative estimate of drug-likeness (QED) is 0.341. The van der Waals surface area contributed by atoms with Crippen molar-refractivity contribution in [3.63, 3.8) is 0 Å². The molecule has 0 fully saturated rings. The lowest BCUT2D eigenvalue weighted by Gasteiger charge is -2.10. The fraction of sp³-hybridized carbons (Fsp3) is 0.571. The van der Waals surface area contributed by atoms with Crippen LogP contribution in [0.2, 0.25) is 0 Å². The molecule has 0 radical (unpaired) electrons. The molecule has 0 bridgehead atoms. The van der Waals surface area contributed by atoms with Gasteiger partial charge in [-0.3, -0.25) is 4.99 Å². The van der Waals surface area contributed by atoms with E-state index in [-0.39, 0.29) is 0 Å². The van der Waals surface area contributed by atoms with Crippen molar-refractivity contribution >= 4 is 5.96 Å². The average molecular weight is 141 g/mol. The van der Waals surface area contributed by atoms with Crippen LogP contribution in [0.4, 0.5) is 0 Å². The van der Waals surface area contributed by atoms with Crippen molar-refractivity contribution in [2.45, 2.75) is 19.4 Å². The van der Waals surface area contributed by atoms with Crippen molar-refractivity contribution < 1.29 is 0 Å². The molecular formula is C7H15N3. The van der Waals surface area contributed by atoms with Gasteiger partial charge in [0, 0.05) is 13.1 Å². The molecule has 0 spiro atoms. The van der Waals surface area contributed by atoms with Gasteiger partial charge in [0.05, 0.1) is 0 Å². The molecule has 3 N–H and O–H groups in total. The lowest BCUT2D eigenvalue weighted by molar-refractivity contribution is 0.670. The number of nitrogens with two attached hydrogens (primary N) is 1. The van der Waals surface area contributed by atoms with Crippen molar-refractivity contribution in [1.29, 1.82) is 0 Å². The lowest BCUT2D eigenvalue weighted by atomic mass is 10.2. The van der Waals surface area contributed by atoms with Crippen LogP contribution in [0.3, 0.4) is 0 Å². The first-order chi connectivity index (χ1) is 4.70. The maximum atomic E-state index is 5.41. The van der Waals surface area contributed by atoms with E-state index in [1.165, 1.54) is 0 Å². The Morgan fingerprint density at radius 3 is 2.90 bits per heavy atom. The van der Waals surface area contributed by atoms with Crippen LogP contribution < -0.4 is 11.1 Å². The molecule has 0 aromatic rings. The maximum Gasteiger partial charge on any atom is 0.188 e. The van der Waals surface area contributed by atoms with E-state index in [4.69, 9.17) is 5.73 Å². The average Bonchev–Trinajstić information content (AvgIpc) is 1.88. The minimum absolute atomic E-state index is 0.321. The number of nitrogens with zero attached hydrogens (tertiary/aromatic N) is 1. The zero-order valence-corrected chi connectivity index (χ0v) is 6.59. The van der Waals surface area contributed by atoms with Crippen molar-refractivity contribution in [2.75, 3.05) is 7.05 Å². The summed E-state index contributed by atoms with van der Waals surface area (Å²) in [5.41, 5.74) is 5.41. The van der Waals surface area contributed by atoms with E-state index in [9.17, 15) is 0 Å². The van der Waals surface area contributed by atoms with E-state index in [1.54, 1.807) is 7.05 Å². The fourth-order valence-electron chi connectivity index (χ4n) is 0.626. The molecule has 0 heterocycles. The molecule has 3 heteroatoms. The van der Waals surface area contributed by atoms with Crippen LogP contribution in [-0.4, -0.2) is 19.0 Å². The van der Waals surface area contributed by atoms with E-state index in [0.717, 1.165) is 6.42 Å². The highest BCUT2D eigenvalue weighted by Crippen LogP contribution is 1.88. The van der Waals surface area contributed by atoms with Gasteiger partial charge < -0.3 is 11.1 Å². The maximum absolute atomic E-state index is 5.41. The van der Waals surface area contributed by atoms with Crippen molar-refractivity contribution in [3.8, 4) is 0 Å². The van der Waals surface area contributed by atoms with Crippen LogP contribution in [0.5, 0.6) is 0 Å². The molecular weight excluding hydrogens is 126 g/mol. The first-order valence-electron chi connectivity index (χ1n) is 3.30. The summed E-state index contributed by atoms with van der Waals surface area (Å²) in [6.45, 7) is 5.64. The minimum Gasteiger partial charge on any atom is -0.370 e. The van der Waals surface area contributed by atoms with Gasteiger partial charge in [0.2, 0.25) is 0 Å². The Balaban J connectivity index is 3.56. The zero-order chi connectivity index (χ0) is 7.98. The zero-order valence-electron chi connectivity index (χ0n) is 6.59. The van der Waals surface area contributed by atoms with Gasteiger partial charge in [-0.25, -0.2) is 0 Å². The molecule has 0 aliphatic rings. The van der Waals surface area contributed by atoms with Gasteiger partial charge in [0.25, 0.3) is 0 Å². The van der Waals surface area contributed by atoms with Crippen LogP contribution in [0, 0.1) is 0 Å². The molecule has 0 saturated carbocycles. The van der Waals surface area contributed by atoms with Gasteiger partial charge in [0.1, 0.15) is 0 Å². The molecule has 0 amide bonds. The monoisotopic (exact) mass is 141 g/mol. The molecule has 0 aliphatic carbocycles. The Bertz CT molecular complexity index is 129. The first-order valence-corrected chi connectivity index (χ1v) is 3.30. The van der Waals surface area contributed by atoms with Gasteiger partial charge >= 0.3 is 0 Å². The van der Waals surface area contributed by atoms with Crippen LogP contribution in [0.1, 0.15) is 13.3 Å². The number of nitrogens with one attached hydrogen (secondary N) is 1. The van der Waals surface area contributed by atoms with E-state index in [1.807, 2.05) is 13.0 Å². The normalized spacial score (nSPS) is 14.4. The van der Waals surface area contributed by atoms with Crippen LogP contribution in [-0.2, 0) is 0 Å². The number of hydrogen-bond donors (Lipinski definition) is 2. The predicted molar refractivity (Wildman–Crippen MR) is 45.0 cm³/mol. The largest absolute Gasteiger partial charge is 0.370 e. The molecule has 3 nitrogen and oxygen atoms in total. The summed E-state index contributed by atoms with van der Waals surface area (Å²) in [6.07, 6.45) is 2.75. The standard InChI is InChI=1S/C7H15N3/c1-4-5-6(2)10-7(8)9-3/h4,6H,1,5H2,2-3H3,(H3,8,9,10). The summed E-state index contributed by atoms with van der Waals surface area (Å²) < 4.78 is 0. The first kappa shape index (κ1) is 9.01.